The summed E-state index contributed by atoms with van der Waals surface area (Å²) < 4.78 is 2.94. The van der Waals surface area contributed by atoms with Crippen molar-refractivity contribution in [2.24, 2.45) is 5.92 Å². The zero-order valence-corrected chi connectivity index (χ0v) is 10.9. The van der Waals surface area contributed by atoms with Crippen LogP contribution in [0.3, 0.4) is 0 Å². The van der Waals surface area contributed by atoms with E-state index in [2.05, 4.69) is 33.5 Å². The quantitative estimate of drug-likeness (QED) is 0.816. The Hall–Kier alpha value is -0.680. The molecule has 1 atom stereocenters. The maximum absolute atomic E-state index is 5.26. The molecule has 4 nitrogen and oxygen atoms in total. The lowest BCUT2D eigenvalue weighted by atomic mass is 10.1. The average molecular weight is 240 g/mol. The van der Waals surface area contributed by atoms with Gasteiger partial charge in [0.05, 0.1) is 0 Å². The van der Waals surface area contributed by atoms with Crippen LogP contribution in [0.4, 0.5) is 0 Å². The number of aryl methyl sites for hydroxylation is 1. The first-order valence-electron chi connectivity index (χ1n) is 6.11. The van der Waals surface area contributed by atoms with E-state index in [0.29, 0.717) is 0 Å². The van der Waals surface area contributed by atoms with Crippen molar-refractivity contribution in [3.05, 3.63) is 10.6 Å². The summed E-state index contributed by atoms with van der Waals surface area (Å²) in [6.45, 7) is 8.96. The molecule has 0 amide bonds. The van der Waals surface area contributed by atoms with Crippen molar-refractivity contribution >= 4 is 12.2 Å². The van der Waals surface area contributed by atoms with E-state index in [1.165, 1.54) is 19.5 Å². The number of hydrogen-bond acceptors (Lipinski definition) is 3. The molecule has 1 N–H and O–H groups in total. The smallest absolute Gasteiger partial charge is 0.195 e. The van der Waals surface area contributed by atoms with Crippen LogP contribution in [-0.4, -0.2) is 39.3 Å². The largest absolute Gasteiger partial charge is 0.304 e. The van der Waals surface area contributed by atoms with Crippen LogP contribution < -0.4 is 0 Å². The van der Waals surface area contributed by atoms with Crippen LogP contribution in [0.5, 0.6) is 0 Å². The van der Waals surface area contributed by atoms with Gasteiger partial charge in [0.15, 0.2) is 4.77 Å². The Bertz CT molecular complexity index is 395. The Morgan fingerprint density at radius 2 is 2.31 bits per heavy atom. The molecule has 0 aliphatic carbocycles. The minimum absolute atomic E-state index is 0.731. The summed E-state index contributed by atoms with van der Waals surface area (Å²) >= 11 is 5.26. The summed E-state index contributed by atoms with van der Waals surface area (Å²) in [7, 11) is 0. The second-order valence-electron chi connectivity index (χ2n) is 4.46. The molecule has 1 aromatic heterocycles. The first kappa shape index (κ1) is 11.8. The van der Waals surface area contributed by atoms with E-state index in [-0.39, 0.29) is 0 Å². The summed E-state index contributed by atoms with van der Waals surface area (Å²) in [5, 5.41) is 7.14. The number of aromatic amines is 1. The third-order valence-electron chi connectivity index (χ3n) is 3.41. The number of hydrogen-bond donors (Lipinski definition) is 1. The fourth-order valence-electron chi connectivity index (χ4n) is 2.42. The van der Waals surface area contributed by atoms with Gasteiger partial charge in [0.1, 0.15) is 5.82 Å². The molecular formula is C11H20N4S. The number of aromatic nitrogens is 3. The van der Waals surface area contributed by atoms with Crippen LogP contribution in [0.15, 0.2) is 0 Å². The maximum Gasteiger partial charge on any atom is 0.195 e. The Balaban J connectivity index is 2.04. The predicted molar refractivity (Wildman–Crippen MR) is 67.0 cm³/mol. The van der Waals surface area contributed by atoms with Gasteiger partial charge in [-0.15, -0.1) is 0 Å². The number of rotatable bonds is 4. The van der Waals surface area contributed by atoms with E-state index in [4.69, 9.17) is 12.2 Å². The van der Waals surface area contributed by atoms with Gasteiger partial charge in [-0.3, -0.25) is 5.10 Å². The molecule has 16 heavy (non-hydrogen) atoms. The number of H-pyrrole nitrogens is 1. The van der Waals surface area contributed by atoms with Gasteiger partial charge in [-0.05, 0) is 37.6 Å². The van der Waals surface area contributed by atoms with E-state index in [0.717, 1.165) is 36.0 Å². The number of nitrogens with one attached hydrogen (secondary N) is 1. The first-order valence-corrected chi connectivity index (χ1v) is 6.51. The van der Waals surface area contributed by atoms with Gasteiger partial charge < -0.3 is 9.47 Å². The van der Waals surface area contributed by atoms with Crippen LogP contribution in [0, 0.1) is 10.7 Å². The molecule has 0 saturated carbocycles. The highest BCUT2D eigenvalue weighted by Gasteiger charge is 2.22. The van der Waals surface area contributed by atoms with Gasteiger partial charge in [-0.2, -0.15) is 5.10 Å². The predicted octanol–water partition coefficient (Wildman–Crippen LogP) is 1.84. The van der Waals surface area contributed by atoms with E-state index in [1.54, 1.807) is 0 Å². The molecule has 0 aromatic carbocycles. The van der Waals surface area contributed by atoms with Crippen molar-refractivity contribution in [2.75, 3.05) is 19.6 Å². The van der Waals surface area contributed by atoms with Crippen LogP contribution in [0.1, 0.15) is 26.1 Å². The Morgan fingerprint density at radius 1 is 1.50 bits per heavy atom. The lowest BCUT2D eigenvalue weighted by Gasteiger charge is -2.14. The SMILES string of the molecule is CCc1n[nH]c(=S)n1CC1CCN(CC)C1. The Labute approximate surface area is 102 Å². The zero-order chi connectivity index (χ0) is 11.5. The van der Waals surface area contributed by atoms with Crippen molar-refractivity contribution in [1.29, 1.82) is 0 Å². The van der Waals surface area contributed by atoms with Crippen LogP contribution >= 0.6 is 12.2 Å². The lowest BCUT2D eigenvalue weighted by molar-refractivity contribution is 0.331. The molecule has 1 aliphatic rings. The summed E-state index contributed by atoms with van der Waals surface area (Å²) in [5.41, 5.74) is 0. The zero-order valence-electron chi connectivity index (χ0n) is 10.1. The molecule has 0 bridgehead atoms. The molecular weight excluding hydrogens is 220 g/mol. The third kappa shape index (κ3) is 2.35. The van der Waals surface area contributed by atoms with E-state index < -0.39 is 0 Å². The Morgan fingerprint density at radius 3 is 2.94 bits per heavy atom. The second kappa shape index (κ2) is 5.10. The molecule has 5 heteroatoms. The molecule has 0 radical (unpaired) electrons. The maximum atomic E-state index is 5.26. The summed E-state index contributed by atoms with van der Waals surface area (Å²) in [5.74, 6) is 1.81. The van der Waals surface area contributed by atoms with Crippen LogP contribution in [0.2, 0.25) is 0 Å². The topological polar surface area (TPSA) is 36.9 Å². The summed E-state index contributed by atoms with van der Waals surface area (Å²) in [6.07, 6.45) is 2.22. The third-order valence-corrected chi connectivity index (χ3v) is 3.72. The lowest BCUT2D eigenvalue weighted by Crippen LogP contribution is -2.21. The fraction of sp³-hybridized carbons (Fsp3) is 0.818. The van der Waals surface area contributed by atoms with Gasteiger partial charge in [-0.25, -0.2) is 0 Å². The minimum Gasteiger partial charge on any atom is -0.304 e. The van der Waals surface area contributed by atoms with Crippen molar-refractivity contribution < 1.29 is 0 Å². The van der Waals surface area contributed by atoms with Crippen molar-refractivity contribution in [3.8, 4) is 0 Å². The highest BCUT2D eigenvalue weighted by Crippen LogP contribution is 2.18. The molecule has 1 aliphatic heterocycles. The van der Waals surface area contributed by atoms with Crippen LogP contribution in [-0.2, 0) is 13.0 Å². The minimum atomic E-state index is 0.731. The standard InChI is InChI=1S/C11H20N4S/c1-3-10-12-13-11(16)15(10)8-9-5-6-14(4-2)7-9/h9H,3-8H2,1-2H3,(H,13,16). The van der Waals surface area contributed by atoms with E-state index in [1.807, 2.05) is 0 Å². The molecule has 0 spiro atoms. The van der Waals surface area contributed by atoms with Crippen molar-refractivity contribution in [1.82, 2.24) is 19.7 Å². The highest BCUT2D eigenvalue weighted by atomic mass is 32.1. The van der Waals surface area contributed by atoms with Crippen molar-refractivity contribution in [3.63, 3.8) is 0 Å². The van der Waals surface area contributed by atoms with Gasteiger partial charge in [0, 0.05) is 19.5 Å². The first-order chi connectivity index (χ1) is 7.74. The van der Waals surface area contributed by atoms with Crippen molar-refractivity contribution in [2.45, 2.75) is 33.2 Å². The second-order valence-corrected chi connectivity index (χ2v) is 4.84. The fourth-order valence-corrected chi connectivity index (χ4v) is 2.64. The average Bonchev–Trinajstić information content (AvgIpc) is 2.88. The van der Waals surface area contributed by atoms with E-state index >= 15 is 0 Å². The summed E-state index contributed by atoms with van der Waals surface area (Å²) in [6, 6.07) is 0. The van der Waals surface area contributed by atoms with Gasteiger partial charge >= 0.3 is 0 Å². The summed E-state index contributed by atoms with van der Waals surface area (Å²) in [4.78, 5) is 2.50. The molecule has 90 valence electrons. The monoisotopic (exact) mass is 240 g/mol. The van der Waals surface area contributed by atoms with Gasteiger partial charge in [0.2, 0.25) is 0 Å². The van der Waals surface area contributed by atoms with Gasteiger partial charge in [0.25, 0.3) is 0 Å². The number of nitrogens with zero attached hydrogens (tertiary/aromatic N) is 3. The van der Waals surface area contributed by atoms with Gasteiger partial charge in [-0.1, -0.05) is 13.8 Å². The molecule has 1 aromatic rings. The molecule has 2 heterocycles. The molecule has 1 fully saturated rings. The Kier molecular flexibility index (Phi) is 3.76. The normalized spacial score (nSPS) is 21.8. The highest BCUT2D eigenvalue weighted by molar-refractivity contribution is 7.71. The van der Waals surface area contributed by atoms with E-state index in [9.17, 15) is 0 Å². The molecule has 1 unspecified atom stereocenters. The molecule has 1 saturated heterocycles. The number of likely N-dealkylation sites (tertiary alicyclic amines) is 1. The van der Waals surface area contributed by atoms with Crippen LogP contribution in [0.25, 0.3) is 0 Å². The molecule has 2 rings (SSSR count).